The van der Waals surface area contributed by atoms with Crippen molar-refractivity contribution in [1.29, 1.82) is 0 Å². The fraction of sp³-hybridized carbons (Fsp3) is 0.417. The third kappa shape index (κ3) is 2.95. The molecule has 0 atom stereocenters. The number of carbonyl (C=O) groups excluding carboxylic acids is 1. The van der Waals surface area contributed by atoms with Crippen LogP contribution in [0, 0.1) is 0 Å². The van der Waals surface area contributed by atoms with Crippen LogP contribution in [0.2, 0.25) is 0 Å². The molecule has 5 heteroatoms. The zero-order valence-corrected chi connectivity index (χ0v) is 9.85. The van der Waals surface area contributed by atoms with Gasteiger partial charge in [0.05, 0.1) is 19.3 Å². The first-order chi connectivity index (χ1) is 8.19. The van der Waals surface area contributed by atoms with E-state index in [0.717, 1.165) is 13.1 Å². The molecule has 0 aromatic heterocycles. The number of para-hydroxylation sites is 2. The van der Waals surface area contributed by atoms with E-state index in [1.54, 1.807) is 7.11 Å². The lowest BCUT2D eigenvalue weighted by Crippen LogP contribution is -2.57. The number of ether oxygens (including phenoxy) is 1. The Morgan fingerprint density at radius 1 is 1.53 bits per heavy atom. The molecule has 17 heavy (non-hydrogen) atoms. The van der Waals surface area contributed by atoms with Gasteiger partial charge in [-0.2, -0.15) is 0 Å². The normalized spacial score (nSPS) is 16.4. The molecule has 0 bridgehead atoms. The van der Waals surface area contributed by atoms with Gasteiger partial charge >= 0.3 is 0 Å². The molecule has 1 saturated heterocycles. The summed E-state index contributed by atoms with van der Waals surface area (Å²) in [4.78, 5) is 13.8. The monoisotopic (exact) mass is 235 g/mol. The van der Waals surface area contributed by atoms with Gasteiger partial charge in [-0.25, -0.2) is 0 Å². The molecule has 0 saturated carbocycles. The van der Waals surface area contributed by atoms with Gasteiger partial charge in [0.25, 0.3) is 0 Å². The van der Waals surface area contributed by atoms with Gasteiger partial charge in [0.1, 0.15) is 5.75 Å². The van der Waals surface area contributed by atoms with Crippen molar-refractivity contribution in [1.82, 2.24) is 4.90 Å². The molecule has 5 nitrogen and oxygen atoms in total. The number of hydrogen-bond acceptors (Lipinski definition) is 4. The summed E-state index contributed by atoms with van der Waals surface area (Å²) in [6.45, 7) is 1.96. The zero-order valence-electron chi connectivity index (χ0n) is 9.85. The summed E-state index contributed by atoms with van der Waals surface area (Å²) in [5.41, 5.74) is 6.35. The van der Waals surface area contributed by atoms with Crippen LogP contribution >= 0.6 is 0 Å². The third-order valence-corrected chi connectivity index (χ3v) is 2.73. The summed E-state index contributed by atoms with van der Waals surface area (Å²) in [5, 5.41) is 2.83. The predicted octanol–water partition coefficient (Wildman–Crippen LogP) is 0.277. The number of likely N-dealkylation sites (tertiary alicyclic amines) is 1. The van der Waals surface area contributed by atoms with Crippen molar-refractivity contribution in [3.8, 4) is 5.75 Å². The van der Waals surface area contributed by atoms with Crippen molar-refractivity contribution in [2.24, 2.45) is 5.73 Å². The van der Waals surface area contributed by atoms with Gasteiger partial charge in [-0.1, -0.05) is 12.1 Å². The summed E-state index contributed by atoms with van der Waals surface area (Å²) < 4.78 is 5.16. The van der Waals surface area contributed by atoms with Crippen molar-refractivity contribution >= 4 is 11.6 Å². The summed E-state index contributed by atoms with van der Waals surface area (Å²) in [7, 11) is 1.58. The summed E-state index contributed by atoms with van der Waals surface area (Å²) >= 11 is 0. The first-order valence-electron chi connectivity index (χ1n) is 5.60. The highest BCUT2D eigenvalue weighted by Crippen LogP contribution is 2.22. The van der Waals surface area contributed by atoms with Crippen LogP contribution in [0.15, 0.2) is 24.3 Å². The summed E-state index contributed by atoms with van der Waals surface area (Å²) in [6.07, 6.45) is 0. The molecular formula is C12H17N3O2. The fourth-order valence-electron chi connectivity index (χ4n) is 1.88. The minimum absolute atomic E-state index is 0.0404. The van der Waals surface area contributed by atoms with Crippen molar-refractivity contribution < 1.29 is 9.53 Å². The van der Waals surface area contributed by atoms with Crippen LogP contribution in [-0.2, 0) is 4.79 Å². The van der Waals surface area contributed by atoms with E-state index in [4.69, 9.17) is 10.5 Å². The molecule has 1 heterocycles. The Kier molecular flexibility index (Phi) is 3.61. The largest absolute Gasteiger partial charge is 0.495 e. The summed E-state index contributed by atoms with van der Waals surface area (Å²) in [5.74, 6) is 0.627. The van der Waals surface area contributed by atoms with Gasteiger partial charge in [-0.05, 0) is 12.1 Å². The van der Waals surface area contributed by atoms with Crippen molar-refractivity contribution in [3.05, 3.63) is 24.3 Å². The van der Waals surface area contributed by atoms with Crippen LogP contribution in [0.1, 0.15) is 0 Å². The topological polar surface area (TPSA) is 67.6 Å². The van der Waals surface area contributed by atoms with Crippen LogP contribution in [0.3, 0.4) is 0 Å². The van der Waals surface area contributed by atoms with E-state index in [1.807, 2.05) is 29.2 Å². The number of nitrogens with zero attached hydrogens (tertiary/aromatic N) is 1. The van der Waals surface area contributed by atoms with E-state index in [2.05, 4.69) is 5.32 Å². The Morgan fingerprint density at radius 2 is 2.24 bits per heavy atom. The van der Waals surface area contributed by atoms with E-state index in [-0.39, 0.29) is 11.9 Å². The molecule has 1 aromatic rings. The second kappa shape index (κ2) is 5.16. The van der Waals surface area contributed by atoms with E-state index in [0.29, 0.717) is 18.0 Å². The first-order valence-corrected chi connectivity index (χ1v) is 5.60. The average Bonchev–Trinajstić information content (AvgIpc) is 2.27. The molecule has 1 aliphatic rings. The number of methoxy groups -OCH3 is 1. The maximum absolute atomic E-state index is 11.7. The van der Waals surface area contributed by atoms with Crippen LogP contribution < -0.4 is 15.8 Å². The predicted molar refractivity (Wildman–Crippen MR) is 66.0 cm³/mol. The van der Waals surface area contributed by atoms with Crippen LogP contribution in [0.25, 0.3) is 0 Å². The molecule has 1 fully saturated rings. The fourth-order valence-corrected chi connectivity index (χ4v) is 1.88. The lowest BCUT2D eigenvalue weighted by molar-refractivity contribution is -0.118. The molecule has 92 valence electrons. The second-order valence-electron chi connectivity index (χ2n) is 4.20. The number of rotatable bonds is 4. The van der Waals surface area contributed by atoms with Crippen molar-refractivity contribution in [3.63, 3.8) is 0 Å². The molecule has 1 aliphatic heterocycles. The third-order valence-electron chi connectivity index (χ3n) is 2.73. The van der Waals surface area contributed by atoms with Crippen LogP contribution in [0.5, 0.6) is 5.75 Å². The van der Waals surface area contributed by atoms with E-state index < -0.39 is 0 Å². The number of hydrogen-bond donors (Lipinski definition) is 2. The quantitative estimate of drug-likeness (QED) is 0.786. The van der Waals surface area contributed by atoms with Gasteiger partial charge in [-0.15, -0.1) is 0 Å². The van der Waals surface area contributed by atoms with Gasteiger partial charge < -0.3 is 15.8 Å². The maximum Gasteiger partial charge on any atom is 0.238 e. The second-order valence-corrected chi connectivity index (χ2v) is 4.20. The molecule has 0 spiro atoms. The highest BCUT2D eigenvalue weighted by molar-refractivity contribution is 5.93. The molecule has 1 amide bonds. The average molecular weight is 235 g/mol. The Morgan fingerprint density at radius 3 is 2.88 bits per heavy atom. The molecule has 0 aliphatic carbocycles. The highest BCUT2D eigenvalue weighted by Gasteiger charge is 2.24. The van der Waals surface area contributed by atoms with Crippen molar-refractivity contribution in [2.45, 2.75) is 6.04 Å². The number of nitrogens with two attached hydrogens (primary N) is 1. The molecule has 1 aromatic carbocycles. The number of amides is 1. The smallest absolute Gasteiger partial charge is 0.238 e. The lowest BCUT2D eigenvalue weighted by Gasteiger charge is -2.36. The molecule has 2 rings (SSSR count). The van der Waals surface area contributed by atoms with Crippen LogP contribution in [0.4, 0.5) is 5.69 Å². The Bertz CT molecular complexity index is 402. The van der Waals surface area contributed by atoms with Gasteiger partial charge in [0.2, 0.25) is 5.91 Å². The minimum atomic E-state index is -0.0404. The first kappa shape index (κ1) is 11.9. The van der Waals surface area contributed by atoms with Gasteiger partial charge in [0, 0.05) is 19.1 Å². The maximum atomic E-state index is 11.7. The molecule has 0 radical (unpaired) electrons. The Labute approximate surface area is 101 Å². The number of anilines is 1. The standard InChI is InChI=1S/C12H17N3O2/c1-17-11-5-3-2-4-10(11)14-12(16)8-15-6-9(13)7-15/h2-5,9H,6-8,13H2,1H3,(H,14,16). The number of benzene rings is 1. The Balaban J connectivity index is 1.89. The highest BCUT2D eigenvalue weighted by atomic mass is 16.5. The van der Waals surface area contributed by atoms with E-state index in [1.165, 1.54) is 0 Å². The van der Waals surface area contributed by atoms with Gasteiger partial charge in [0.15, 0.2) is 0 Å². The molecule has 0 unspecified atom stereocenters. The zero-order chi connectivity index (χ0) is 12.3. The number of nitrogens with one attached hydrogen (secondary N) is 1. The number of carbonyl (C=O) groups is 1. The lowest BCUT2D eigenvalue weighted by atomic mass is 10.1. The summed E-state index contributed by atoms with van der Waals surface area (Å²) in [6, 6.07) is 7.57. The molecular weight excluding hydrogens is 218 g/mol. The Hall–Kier alpha value is -1.59. The SMILES string of the molecule is COc1ccccc1NC(=O)CN1CC(N)C1. The molecule has 3 N–H and O–H groups in total. The minimum Gasteiger partial charge on any atom is -0.495 e. The van der Waals surface area contributed by atoms with Crippen molar-refractivity contribution in [2.75, 3.05) is 32.1 Å². The van der Waals surface area contributed by atoms with E-state index in [9.17, 15) is 4.79 Å². The van der Waals surface area contributed by atoms with E-state index >= 15 is 0 Å². The van der Waals surface area contributed by atoms with Crippen LogP contribution in [-0.4, -0.2) is 43.6 Å². The van der Waals surface area contributed by atoms with Gasteiger partial charge in [-0.3, -0.25) is 9.69 Å².